The van der Waals surface area contributed by atoms with Crippen molar-refractivity contribution in [1.29, 1.82) is 0 Å². The summed E-state index contributed by atoms with van der Waals surface area (Å²) >= 11 is 0. The van der Waals surface area contributed by atoms with E-state index in [0.29, 0.717) is 5.56 Å². The Hall–Kier alpha value is -5.21. The minimum Gasteiger partial charge on any atom is -0.480 e. The highest BCUT2D eigenvalue weighted by Gasteiger charge is 2.58. The minimum absolute atomic E-state index is 0.0325. The molecular formula is C41H44F2N2O9. The number of aliphatic carboxylic acids is 1. The van der Waals surface area contributed by atoms with Gasteiger partial charge in [-0.2, -0.15) is 0 Å². The van der Waals surface area contributed by atoms with E-state index >= 15 is 8.78 Å². The van der Waals surface area contributed by atoms with Crippen LogP contribution in [-0.4, -0.2) is 72.1 Å². The Morgan fingerprint density at radius 3 is 1.67 bits per heavy atom. The Morgan fingerprint density at radius 1 is 0.722 bits per heavy atom. The van der Waals surface area contributed by atoms with Gasteiger partial charge < -0.3 is 39.4 Å². The smallest absolute Gasteiger partial charge is 0.408 e. The average Bonchev–Trinajstić information content (AvgIpc) is 3.17. The average molecular weight is 747 g/mol. The number of carboxylic acids is 1. The van der Waals surface area contributed by atoms with Crippen molar-refractivity contribution >= 4 is 18.0 Å². The van der Waals surface area contributed by atoms with Gasteiger partial charge in [0, 0.05) is 13.3 Å². The van der Waals surface area contributed by atoms with Crippen molar-refractivity contribution in [3.05, 3.63) is 144 Å². The van der Waals surface area contributed by atoms with Gasteiger partial charge in [0.1, 0.15) is 37.1 Å². The van der Waals surface area contributed by atoms with Crippen molar-refractivity contribution in [2.24, 2.45) is 0 Å². The van der Waals surface area contributed by atoms with E-state index in [-0.39, 0.29) is 33.0 Å². The predicted molar refractivity (Wildman–Crippen MR) is 193 cm³/mol. The summed E-state index contributed by atoms with van der Waals surface area (Å²) in [4.78, 5) is 37.6. The van der Waals surface area contributed by atoms with Crippen LogP contribution in [0.4, 0.5) is 13.6 Å². The molecule has 11 nitrogen and oxygen atoms in total. The molecule has 4 aromatic carbocycles. The first-order valence-corrected chi connectivity index (χ1v) is 17.5. The van der Waals surface area contributed by atoms with E-state index in [1.54, 1.807) is 54.6 Å². The highest BCUT2D eigenvalue weighted by atomic mass is 19.3. The molecule has 0 radical (unpaired) electrons. The van der Waals surface area contributed by atoms with Crippen LogP contribution in [-0.2, 0) is 59.7 Å². The zero-order valence-corrected chi connectivity index (χ0v) is 29.7. The molecule has 1 fully saturated rings. The highest BCUT2D eigenvalue weighted by Crippen LogP contribution is 2.38. The first-order chi connectivity index (χ1) is 26.1. The number of benzene rings is 4. The molecule has 5 rings (SSSR count). The van der Waals surface area contributed by atoms with Crippen molar-refractivity contribution in [3.8, 4) is 0 Å². The van der Waals surface area contributed by atoms with E-state index in [0.717, 1.165) is 16.7 Å². The topological polar surface area (TPSA) is 142 Å². The molecule has 0 bridgehead atoms. The number of nitrogens with one attached hydrogen (secondary N) is 2. The molecule has 4 aromatic rings. The van der Waals surface area contributed by atoms with Gasteiger partial charge >= 0.3 is 12.1 Å². The van der Waals surface area contributed by atoms with Crippen molar-refractivity contribution in [2.45, 2.75) is 82.2 Å². The monoisotopic (exact) mass is 746 g/mol. The van der Waals surface area contributed by atoms with Gasteiger partial charge in [0.05, 0.1) is 32.5 Å². The van der Waals surface area contributed by atoms with Crippen LogP contribution in [0, 0.1) is 0 Å². The molecule has 0 saturated carbocycles. The second kappa shape index (κ2) is 19.7. The van der Waals surface area contributed by atoms with Gasteiger partial charge in [0.2, 0.25) is 5.91 Å². The van der Waals surface area contributed by atoms with Crippen LogP contribution in [0.5, 0.6) is 0 Å². The zero-order chi connectivity index (χ0) is 38.3. The summed E-state index contributed by atoms with van der Waals surface area (Å²) in [7, 11) is 0. The molecule has 54 heavy (non-hydrogen) atoms. The summed E-state index contributed by atoms with van der Waals surface area (Å²) in [5, 5.41) is 14.6. The molecule has 1 heterocycles. The number of hydrogen-bond donors (Lipinski definition) is 3. The number of carbonyl (C=O) groups is 3. The summed E-state index contributed by atoms with van der Waals surface area (Å²) in [6.07, 6.45) is -8.20. The molecule has 0 aliphatic carbocycles. The number of alkyl halides is 2. The van der Waals surface area contributed by atoms with Gasteiger partial charge in [-0.3, -0.25) is 4.79 Å². The Balaban J connectivity index is 1.44. The number of carbonyl (C=O) groups excluding carboxylic acids is 2. The molecule has 0 unspecified atom stereocenters. The standard InChI is InChI=1S/C41H44F2N2O9/c1-28(46)44-35-37(52-25-31-18-10-4-11-19-31)36(51-24-30-16-8-3-9-17-30)34(27-50-23-29-14-6-2-7-15-29)54-38(35)41(42,43)22-33(39(47)48)45-40(49)53-26-32-20-12-5-13-21-32/h2-21,33-38H,22-27H2,1H3,(H,44,46)(H,45,49)(H,47,48)/t33-,34+,35+,36-,37+,38-/m0/s1. The first kappa shape index (κ1) is 40.0. The summed E-state index contributed by atoms with van der Waals surface area (Å²) < 4.78 is 63.5. The maximum atomic E-state index is 16.7. The van der Waals surface area contributed by atoms with Gasteiger partial charge in [-0.05, 0) is 22.3 Å². The number of alkyl carbamates (subject to hydrolysis) is 1. The maximum absolute atomic E-state index is 16.7. The molecule has 0 spiro atoms. The summed E-state index contributed by atoms with van der Waals surface area (Å²) in [6, 6.07) is 32.4. The van der Waals surface area contributed by atoms with Gasteiger partial charge in [0.25, 0.3) is 5.92 Å². The number of amides is 2. The molecular weight excluding hydrogens is 702 g/mol. The molecule has 13 heteroatoms. The second-order valence-corrected chi connectivity index (χ2v) is 12.9. The van der Waals surface area contributed by atoms with Crippen molar-refractivity contribution in [1.82, 2.24) is 10.6 Å². The Bertz CT molecular complexity index is 1750. The van der Waals surface area contributed by atoms with E-state index in [1.807, 2.05) is 72.0 Å². The van der Waals surface area contributed by atoms with E-state index < -0.39 is 66.8 Å². The van der Waals surface area contributed by atoms with Gasteiger partial charge in [-0.1, -0.05) is 121 Å². The van der Waals surface area contributed by atoms with E-state index in [2.05, 4.69) is 5.32 Å². The summed E-state index contributed by atoms with van der Waals surface area (Å²) in [5.41, 5.74) is 2.97. The van der Waals surface area contributed by atoms with Gasteiger partial charge in [0.15, 0.2) is 0 Å². The fourth-order valence-electron chi connectivity index (χ4n) is 6.12. The van der Waals surface area contributed by atoms with Crippen LogP contribution >= 0.6 is 0 Å². The molecule has 2 amide bonds. The number of ether oxygens (including phenoxy) is 5. The number of halogens is 2. The van der Waals surface area contributed by atoms with Crippen LogP contribution in [0.25, 0.3) is 0 Å². The first-order valence-electron chi connectivity index (χ1n) is 17.5. The largest absolute Gasteiger partial charge is 0.480 e. The van der Waals surface area contributed by atoms with Gasteiger partial charge in [-0.15, -0.1) is 0 Å². The zero-order valence-electron chi connectivity index (χ0n) is 29.7. The summed E-state index contributed by atoms with van der Waals surface area (Å²) in [6.45, 7) is 0.900. The third-order valence-corrected chi connectivity index (χ3v) is 8.72. The Kier molecular flexibility index (Phi) is 14.6. The Morgan fingerprint density at radius 2 is 1.19 bits per heavy atom. The lowest BCUT2D eigenvalue weighted by Crippen LogP contribution is -2.69. The molecule has 1 aliphatic rings. The van der Waals surface area contributed by atoms with Crippen LogP contribution in [0.15, 0.2) is 121 Å². The quantitative estimate of drug-likeness (QED) is 0.111. The van der Waals surface area contributed by atoms with Crippen LogP contribution < -0.4 is 10.6 Å². The Labute approximate surface area is 312 Å². The van der Waals surface area contributed by atoms with Crippen LogP contribution in [0.3, 0.4) is 0 Å². The minimum atomic E-state index is -3.97. The molecule has 0 aromatic heterocycles. The second-order valence-electron chi connectivity index (χ2n) is 12.9. The molecule has 1 aliphatic heterocycles. The lowest BCUT2D eigenvalue weighted by atomic mass is 9.86. The third-order valence-electron chi connectivity index (χ3n) is 8.72. The fourth-order valence-corrected chi connectivity index (χ4v) is 6.12. The molecule has 3 N–H and O–H groups in total. The normalized spacial score (nSPS) is 20.4. The van der Waals surface area contributed by atoms with Crippen molar-refractivity contribution < 1.29 is 52.0 Å². The van der Waals surface area contributed by atoms with Crippen LogP contribution in [0.1, 0.15) is 35.6 Å². The number of hydrogen-bond acceptors (Lipinski definition) is 8. The van der Waals surface area contributed by atoms with Crippen molar-refractivity contribution in [2.75, 3.05) is 6.61 Å². The van der Waals surface area contributed by atoms with Crippen molar-refractivity contribution in [3.63, 3.8) is 0 Å². The van der Waals surface area contributed by atoms with E-state index in [1.165, 1.54) is 6.92 Å². The van der Waals surface area contributed by atoms with E-state index in [4.69, 9.17) is 23.7 Å². The SMILES string of the molecule is CC(=O)N[C@@H]1[C@@H](OCc2ccccc2)[C@@H](OCc2ccccc2)[C@@H](COCc2ccccc2)O[C@@H]1C(F)(F)C[C@H](NC(=O)OCc1ccccc1)C(=O)O. The number of rotatable bonds is 18. The fraction of sp³-hybridized carbons (Fsp3) is 0.341. The number of carboxylic acid groups (broad SMARTS) is 1. The maximum Gasteiger partial charge on any atom is 0.408 e. The summed E-state index contributed by atoms with van der Waals surface area (Å²) in [5.74, 6) is -6.35. The third kappa shape index (κ3) is 11.9. The van der Waals surface area contributed by atoms with E-state index in [9.17, 15) is 19.5 Å². The molecule has 1 saturated heterocycles. The lowest BCUT2D eigenvalue weighted by Gasteiger charge is -2.48. The molecule has 286 valence electrons. The van der Waals surface area contributed by atoms with Gasteiger partial charge in [-0.25, -0.2) is 18.4 Å². The molecule has 6 atom stereocenters. The lowest BCUT2D eigenvalue weighted by molar-refractivity contribution is -0.275. The predicted octanol–water partition coefficient (Wildman–Crippen LogP) is 6.05. The highest BCUT2D eigenvalue weighted by molar-refractivity contribution is 5.80. The van der Waals surface area contributed by atoms with Crippen LogP contribution in [0.2, 0.25) is 0 Å².